The van der Waals surface area contributed by atoms with Gasteiger partial charge in [-0.25, -0.2) is 0 Å². The number of nitrogens with one attached hydrogen (secondary N) is 1. The van der Waals surface area contributed by atoms with Crippen LogP contribution in [0.3, 0.4) is 0 Å². The van der Waals surface area contributed by atoms with Gasteiger partial charge in [-0.1, -0.05) is 22.9 Å². The summed E-state index contributed by atoms with van der Waals surface area (Å²) in [6.45, 7) is 13.0. The lowest BCUT2D eigenvalue weighted by atomic mass is 9.78. The van der Waals surface area contributed by atoms with E-state index in [1.54, 1.807) is 18.2 Å². The minimum Gasteiger partial charge on any atom is -0.364 e. The van der Waals surface area contributed by atoms with Crippen molar-refractivity contribution in [2.45, 2.75) is 65.5 Å². The molecule has 0 spiro atoms. The molecular formula is C28H32BrN3O3S. The fraction of sp³-hybridized carbons (Fsp3) is 0.393. The van der Waals surface area contributed by atoms with Crippen molar-refractivity contribution >= 4 is 62.2 Å². The van der Waals surface area contributed by atoms with Crippen LogP contribution in [0.1, 0.15) is 63.6 Å². The van der Waals surface area contributed by atoms with Crippen LogP contribution < -0.4 is 10.2 Å². The van der Waals surface area contributed by atoms with Crippen molar-refractivity contribution in [1.29, 1.82) is 0 Å². The Morgan fingerprint density at radius 2 is 1.89 bits per heavy atom. The van der Waals surface area contributed by atoms with Crippen LogP contribution in [0.15, 0.2) is 45.8 Å². The van der Waals surface area contributed by atoms with E-state index in [9.17, 15) is 14.4 Å². The first kappa shape index (κ1) is 26.5. The molecule has 0 aromatic heterocycles. The van der Waals surface area contributed by atoms with Crippen LogP contribution in [0, 0.1) is 6.92 Å². The third-order valence-electron chi connectivity index (χ3n) is 6.77. The topological polar surface area (TPSA) is 69.7 Å². The van der Waals surface area contributed by atoms with Gasteiger partial charge in [0.25, 0.3) is 11.1 Å². The zero-order chi connectivity index (χ0) is 26.4. The number of thioether (sulfide) groups is 1. The Kier molecular flexibility index (Phi) is 7.40. The molecule has 2 aliphatic heterocycles. The number of anilines is 2. The molecule has 1 saturated heterocycles. The minimum atomic E-state index is -0.439. The van der Waals surface area contributed by atoms with E-state index in [-0.39, 0.29) is 12.1 Å². The van der Waals surface area contributed by atoms with E-state index >= 15 is 0 Å². The third-order valence-corrected chi connectivity index (χ3v) is 8.21. The van der Waals surface area contributed by atoms with Gasteiger partial charge >= 0.3 is 0 Å². The van der Waals surface area contributed by atoms with Gasteiger partial charge in [0, 0.05) is 27.4 Å². The van der Waals surface area contributed by atoms with Crippen LogP contribution in [0.4, 0.5) is 16.2 Å². The zero-order valence-corrected chi connectivity index (χ0v) is 23.9. The van der Waals surface area contributed by atoms with Crippen molar-refractivity contribution in [1.82, 2.24) is 4.90 Å². The van der Waals surface area contributed by atoms with Gasteiger partial charge in [0.2, 0.25) is 5.91 Å². The van der Waals surface area contributed by atoms with Crippen LogP contribution in [-0.2, 0) is 9.59 Å². The second kappa shape index (κ2) is 10.1. The summed E-state index contributed by atoms with van der Waals surface area (Å²) in [6.07, 6.45) is 2.82. The maximum absolute atomic E-state index is 13.1. The summed E-state index contributed by atoms with van der Waals surface area (Å²) >= 11 is 4.23. The average molecular weight is 571 g/mol. The fourth-order valence-electron chi connectivity index (χ4n) is 5.40. The van der Waals surface area contributed by atoms with Crippen LogP contribution in [0.25, 0.3) is 6.08 Å². The van der Waals surface area contributed by atoms with E-state index < -0.39 is 17.1 Å². The molecule has 190 valence electrons. The fourth-order valence-corrected chi connectivity index (χ4v) is 6.50. The van der Waals surface area contributed by atoms with E-state index in [1.807, 2.05) is 19.1 Å². The highest BCUT2D eigenvalue weighted by molar-refractivity contribution is 9.10. The van der Waals surface area contributed by atoms with Crippen molar-refractivity contribution in [3.05, 3.63) is 62.5 Å². The average Bonchev–Trinajstić information content (AvgIpc) is 3.03. The molecule has 2 heterocycles. The summed E-state index contributed by atoms with van der Waals surface area (Å²) in [7, 11) is 0. The molecule has 0 bridgehead atoms. The van der Waals surface area contributed by atoms with Gasteiger partial charge in [-0.15, -0.1) is 0 Å². The minimum absolute atomic E-state index is 0.0496. The molecule has 1 atom stereocenters. The van der Waals surface area contributed by atoms with Crippen LogP contribution in [0.5, 0.6) is 0 Å². The second-order valence-electron chi connectivity index (χ2n) is 10.5. The van der Waals surface area contributed by atoms with Crippen molar-refractivity contribution < 1.29 is 14.4 Å². The molecule has 36 heavy (non-hydrogen) atoms. The Bertz CT molecular complexity index is 1250. The highest BCUT2D eigenvalue weighted by atomic mass is 79.9. The number of benzene rings is 2. The standard InChI is InChI=1S/C28H32BrN3O3S/c1-16(2)32-23-11-17(3)19(12-22(23)18(4)14-28(32,5)6)13-24-26(34)31(27(35)36-24)15-25(33)30-21-9-7-20(29)8-10-21/h7-13,16,18H,14-15H2,1-6H3,(H,30,33)/b24-13-. The van der Waals surface area contributed by atoms with Gasteiger partial charge in [0.1, 0.15) is 6.54 Å². The van der Waals surface area contributed by atoms with E-state index in [2.05, 4.69) is 72.9 Å². The third kappa shape index (κ3) is 5.25. The molecule has 1 unspecified atom stereocenters. The lowest BCUT2D eigenvalue weighted by Crippen LogP contribution is -2.51. The van der Waals surface area contributed by atoms with Gasteiger partial charge in [-0.2, -0.15) is 0 Å². The summed E-state index contributed by atoms with van der Waals surface area (Å²) < 4.78 is 0.893. The van der Waals surface area contributed by atoms with Crippen LogP contribution >= 0.6 is 27.7 Å². The first-order valence-electron chi connectivity index (χ1n) is 12.1. The van der Waals surface area contributed by atoms with Gasteiger partial charge in [-0.3, -0.25) is 19.3 Å². The van der Waals surface area contributed by atoms with Crippen molar-refractivity contribution in [3.8, 4) is 0 Å². The summed E-state index contributed by atoms with van der Waals surface area (Å²) in [5, 5.41) is 2.29. The summed E-state index contributed by atoms with van der Waals surface area (Å²) in [5.74, 6) is -0.489. The largest absolute Gasteiger partial charge is 0.364 e. The summed E-state index contributed by atoms with van der Waals surface area (Å²) in [6, 6.07) is 11.8. The molecule has 0 radical (unpaired) electrons. The number of rotatable bonds is 5. The first-order valence-corrected chi connectivity index (χ1v) is 13.7. The molecule has 6 nitrogen and oxygen atoms in total. The molecule has 3 amide bonds. The maximum atomic E-state index is 13.1. The predicted molar refractivity (Wildman–Crippen MR) is 151 cm³/mol. The van der Waals surface area contributed by atoms with Gasteiger partial charge in [0.05, 0.1) is 4.91 Å². The molecule has 4 rings (SSSR count). The number of carbonyl (C=O) groups is 3. The van der Waals surface area contributed by atoms with E-state index in [1.165, 1.54) is 11.3 Å². The Balaban J connectivity index is 1.56. The Morgan fingerprint density at radius 3 is 2.53 bits per heavy atom. The molecule has 8 heteroatoms. The quantitative estimate of drug-likeness (QED) is 0.395. The SMILES string of the molecule is Cc1cc2c(cc1/C=C1\SC(=O)N(CC(=O)Nc3ccc(Br)cc3)C1=O)C(C)CC(C)(C)N2C(C)C. The molecule has 1 fully saturated rings. The molecule has 1 N–H and O–H groups in total. The molecular weight excluding hydrogens is 538 g/mol. The Labute approximate surface area is 225 Å². The molecule has 2 aliphatic rings. The van der Waals surface area contributed by atoms with Crippen molar-refractivity contribution in [2.75, 3.05) is 16.8 Å². The molecule has 0 aliphatic carbocycles. The molecule has 2 aromatic carbocycles. The monoisotopic (exact) mass is 569 g/mol. The van der Waals surface area contributed by atoms with E-state index in [4.69, 9.17) is 0 Å². The first-order chi connectivity index (χ1) is 16.9. The van der Waals surface area contributed by atoms with E-state index in [0.29, 0.717) is 22.6 Å². The van der Waals surface area contributed by atoms with Gasteiger partial charge in [0.15, 0.2) is 0 Å². The number of aryl methyl sites for hydroxylation is 1. The Hall–Kier alpha value is -2.58. The van der Waals surface area contributed by atoms with E-state index in [0.717, 1.165) is 38.7 Å². The Morgan fingerprint density at radius 1 is 1.22 bits per heavy atom. The number of carbonyl (C=O) groups excluding carboxylic acids is 3. The van der Waals surface area contributed by atoms with Crippen LogP contribution in [-0.4, -0.2) is 40.1 Å². The van der Waals surface area contributed by atoms with Gasteiger partial charge < -0.3 is 10.2 Å². The van der Waals surface area contributed by atoms with Crippen molar-refractivity contribution in [2.24, 2.45) is 0 Å². The number of nitrogens with zero attached hydrogens (tertiary/aromatic N) is 2. The number of amides is 3. The maximum Gasteiger partial charge on any atom is 0.294 e. The number of halogens is 1. The second-order valence-corrected chi connectivity index (χ2v) is 12.4. The summed E-state index contributed by atoms with van der Waals surface area (Å²) in [5.41, 5.74) is 5.11. The zero-order valence-electron chi connectivity index (χ0n) is 21.5. The lowest BCUT2D eigenvalue weighted by Gasteiger charge is -2.50. The number of imide groups is 1. The highest BCUT2D eigenvalue weighted by Gasteiger charge is 2.39. The number of hydrogen-bond acceptors (Lipinski definition) is 5. The smallest absolute Gasteiger partial charge is 0.294 e. The van der Waals surface area contributed by atoms with Crippen molar-refractivity contribution in [3.63, 3.8) is 0 Å². The predicted octanol–water partition coefficient (Wildman–Crippen LogP) is 6.93. The molecule has 2 aromatic rings. The summed E-state index contributed by atoms with van der Waals surface area (Å²) in [4.78, 5) is 42.0. The highest BCUT2D eigenvalue weighted by Crippen LogP contribution is 2.46. The normalized spacial score (nSPS) is 20.3. The van der Waals surface area contributed by atoms with Gasteiger partial charge in [-0.05, 0) is 118 Å². The molecule has 0 saturated carbocycles. The lowest BCUT2D eigenvalue weighted by molar-refractivity contribution is -0.127. The number of hydrogen-bond donors (Lipinski definition) is 1. The van der Waals surface area contributed by atoms with Crippen LogP contribution in [0.2, 0.25) is 0 Å². The number of fused-ring (bicyclic) bond motifs is 1.